The first kappa shape index (κ1) is 23.8. The Hall–Kier alpha value is -4.54. The number of furan rings is 1. The zero-order valence-corrected chi connectivity index (χ0v) is 20.5. The van der Waals surface area contributed by atoms with Crippen molar-refractivity contribution in [3.63, 3.8) is 0 Å². The number of hydrogen-bond acceptors (Lipinski definition) is 7. The van der Waals surface area contributed by atoms with E-state index in [9.17, 15) is 24.0 Å². The molecule has 2 N–H and O–H groups in total. The molecule has 6 rings (SSSR count). The van der Waals surface area contributed by atoms with Crippen molar-refractivity contribution in [1.82, 2.24) is 15.5 Å². The summed E-state index contributed by atoms with van der Waals surface area (Å²) in [5.74, 6) is -2.61. The average Bonchev–Trinajstić information content (AvgIpc) is 3.57. The summed E-state index contributed by atoms with van der Waals surface area (Å²) in [6.07, 6.45) is -0.620. The molecule has 3 aliphatic rings. The average molecular weight is 519 g/mol. The molecule has 0 bridgehead atoms. The van der Waals surface area contributed by atoms with Gasteiger partial charge in [0.05, 0.1) is 20.0 Å². The molecule has 2 fully saturated rings. The number of imide groups is 1. The largest absolute Gasteiger partial charge is 0.497 e. The normalized spacial score (nSPS) is 24.8. The van der Waals surface area contributed by atoms with E-state index in [0.717, 1.165) is 11.6 Å². The van der Waals surface area contributed by atoms with Crippen molar-refractivity contribution < 1.29 is 37.5 Å². The van der Waals surface area contributed by atoms with Gasteiger partial charge in [0, 0.05) is 35.7 Å². The van der Waals surface area contributed by atoms with Gasteiger partial charge in [0.2, 0.25) is 17.7 Å². The molecule has 2 atom stereocenters. The standard InChI is InChI=1S/C27H22FN3O7/c1-26(20(32)9-22(33)30-26)17-5-14-6-21(38-19(14)8-18(17)28)27(10-23(34)29-25(27)36)12-31-11-13-3-4-15(37-2)7-16(13)24(31)35/h3-8H,9-12H2,1-2H3,(H,30,33)(H,29,34,36)/t26?,27-/m1/s1. The van der Waals surface area contributed by atoms with Gasteiger partial charge >= 0.3 is 0 Å². The fraction of sp³-hybridized carbons (Fsp3) is 0.296. The van der Waals surface area contributed by atoms with Crippen LogP contribution in [-0.4, -0.2) is 48.0 Å². The van der Waals surface area contributed by atoms with Crippen LogP contribution in [0.3, 0.4) is 0 Å². The molecule has 4 heterocycles. The van der Waals surface area contributed by atoms with E-state index in [1.807, 2.05) is 0 Å². The molecule has 10 nitrogen and oxygen atoms in total. The highest BCUT2D eigenvalue weighted by Crippen LogP contribution is 2.41. The lowest BCUT2D eigenvalue weighted by atomic mass is 9.82. The van der Waals surface area contributed by atoms with Crippen LogP contribution in [0.1, 0.15) is 47.0 Å². The van der Waals surface area contributed by atoms with Crippen LogP contribution < -0.4 is 15.4 Å². The van der Waals surface area contributed by atoms with Gasteiger partial charge < -0.3 is 19.4 Å². The Morgan fingerprint density at radius 1 is 1.08 bits per heavy atom. The number of nitrogens with one attached hydrogen (secondary N) is 2. The molecule has 2 saturated heterocycles. The van der Waals surface area contributed by atoms with Gasteiger partial charge in [0.25, 0.3) is 5.91 Å². The van der Waals surface area contributed by atoms with Crippen LogP contribution in [0.4, 0.5) is 4.39 Å². The number of fused-ring (bicyclic) bond motifs is 2. The van der Waals surface area contributed by atoms with Crippen LogP contribution >= 0.6 is 0 Å². The van der Waals surface area contributed by atoms with Crippen molar-refractivity contribution in [2.75, 3.05) is 13.7 Å². The predicted octanol–water partition coefficient (Wildman–Crippen LogP) is 1.82. The minimum atomic E-state index is -1.55. The minimum absolute atomic E-state index is 0.0340. The molecule has 0 saturated carbocycles. The van der Waals surface area contributed by atoms with E-state index in [-0.39, 0.29) is 48.7 Å². The second kappa shape index (κ2) is 7.98. The van der Waals surface area contributed by atoms with Crippen LogP contribution in [-0.2, 0) is 36.7 Å². The predicted molar refractivity (Wildman–Crippen MR) is 128 cm³/mol. The fourth-order valence-electron chi connectivity index (χ4n) is 5.58. The number of Topliss-reactive ketones (excluding diaryl/α,β-unsaturated/α-hetero) is 1. The Labute approximate surface area is 215 Å². The molecule has 1 aromatic heterocycles. The van der Waals surface area contributed by atoms with Crippen LogP contribution in [0.5, 0.6) is 5.75 Å². The molecule has 0 aliphatic carbocycles. The molecule has 0 radical (unpaired) electrons. The summed E-state index contributed by atoms with van der Waals surface area (Å²) >= 11 is 0. The van der Waals surface area contributed by atoms with Crippen molar-refractivity contribution in [2.45, 2.75) is 37.3 Å². The fourth-order valence-corrected chi connectivity index (χ4v) is 5.58. The first-order chi connectivity index (χ1) is 18.0. The van der Waals surface area contributed by atoms with E-state index in [1.165, 1.54) is 31.1 Å². The summed E-state index contributed by atoms with van der Waals surface area (Å²) in [5.41, 5.74) is -1.83. The number of benzene rings is 2. The van der Waals surface area contributed by atoms with Crippen molar-refractivity contribution in [1.29, 1.82) is 0 Å². The molecule has 0 spiro atoms. The van der Waals surface area contributed by atoms with Gasteiger partial charge in [-0.1, -0.05) is 6.07 Å². The van der Waals surface area contributed by atoms with Gasteiger partial charge in [-0.25, -0.2) is 4.39 Å². The maximum atomic E-state index is 15.2. The SMILES string of the molecule is COc1ccc2c(c1)C(=O)N(C[C@@]1(c3cc4cc(C5(C)NC(=O)CC5=O)c(F)cc4o3)CC(=O)NC1=O)C2. The zero-order chi connectivity index (χ0) is 27.0. The molecule has 3 aromatic rings. The van der Waals surface area contributed by atoms with E-state index in [1.54, 1.807) is 18.2 Å². The highest BCUT2D eigenvalue weighted by Gasteiger charge is 2.53. The summed E-state index contributed by atoms with van der Waals surface area (Å²) in [6.45, 7) is 1.50. The quantitative estimate of drug-likeness (QED) is 0.388. The van der Waals surface area contributed by atoms with Crippen LogP contribution in [0.25, 0.3) is 11.0 Å². The summed E-state index contributed by atoms with van der Waals surface area (Å²) in [6, 6.07) is 9.13. The highest BCUT2D eigenvalue weighted by atomic mass is 19.1. The van der Waals surface area contributed by atoms with Crippen LogP contribution in [0, 0.1) is 5.82 Å². The van der Waals surface area contributed by atoms with E-state index < -0.39 is 40.3 Å². The van der Waals surface area contributed by atoms with Gasteiger partial charge in [0.15, 0.2) is 5.78 Å². The monoisotopic (exact) mass is 519 g/mol. The Morgan fingerprint density at radius 3 is 2.53 bits per heavy atom. The summed E-state index contributed by atoms with van der Waals surface area (Å²) in [5, 5.41) is 5.21. The second-order valence-corrected chi connectivity index (χ2v) is 10.1. The second-order valence-electron chi connectivity index (χ2n) is 10.1. The Bertz CT molecular complexity index is 1610. The minimum Gasteiger partial charge on any atom is -0.497 e. The number of rotatable bonds is 5. The first-order valence-corrected chi connectivity index (χ1v) is 11.9. The molecule has 2 aromatic carbocycles. The first-order valence-electron chi connectivity index (χ1n) is 11.9. The number of hydrogen-bond donors (Lipinski definition) is 2. The Morgan fingerprint density at radius 2 is 1.87 bits per heavy atom. The third-order valence-electron chi connectivity index (χ3n) is 7.69. The molecular weight excluding hydrogens is 497 g/mol. The molecule has 1 unspecified atom stereocenters. The molecule has 194 valence electrons. The van der Waals surface area contributed by atoms with Crippen molar-refractivity contribution in [3.8, 4) is 5.75 Å². The van der Waals surface area contributed by atoms with E-state index in [0.29, 0.717) is 16.7 Å². The maximum absolute atomic E-state index is 15.2. The van der Waals surface area contributed by atoms with Gasteiger partial charge in [-0.2, -0.15) is 0 Å². The molecular formula is C27H22FN3O7. The lowest BCUT2D eigenvalue weighted by Crippen LogP contribution is -2.46. The maximum Gasteiger partial charge on any atom is 0.254 e. The number of methoxy groups -OCH3 is 1. The Balaban J connectivity index is 1.41. The number of carbonyl (C=O) groups is 5. The third kappa shape index (κ3) is 3.34. The molecule has 4 amide bonds. The molecule has 11 heteroatoms. The number of ketones is 1. The number of amides is 4. The Kier molecular flexibility index (Phi) is 5.00. The summed E-state index contributed by atoms with van der Waals surface area (Å²) in [7, 11) is 1.50. The van der Waals surface area contributed by atoms with Crippen molar-refractivity contribution in [3.05, 3.63) is 64.7 Å². The molecule has 3 aliphatic heterocycles. The van der Waals surface area contributed by atoms with Gasteiger partial charge in [0.1, 0.15) is 33.9 Å². The topological polar surface area (TPSA) is 135 Å². The molecule has 38 heavy (non-hydrogen) atoms. The van der Waals surface area contributed by atoms with E-state index >= 15 is 4.39 Å². The number of nitrogens with zero attached hydrogens (tertiary/aromatic N) is 1. The van der Waals surface area contributed by atoms with Gasteiger partial charge in [-0.3, -0.25) is 29.3 Å². The van der Waals surface area contributed by atoms with Crippen LogP contribution in [0.2, 0.25) is 0 Å². The van der Waals surface area contributed by atoms with Gasteiger partial charge in [-0.15, -0.1) is 0 Å². The lowest BCUT2D eigenvalue weighted by molar-refractivity contribution is -0.127. The highest BCUT2D eigenvalue weighted by molar-refractivity contribution is 6.11. The third-order valence-corrected chi connectivity index (χ3v) is 7.69. The van der Waals surface area contributed by atoms with Crippen LogP contribution in [0.15, 0.2) is 40.8 Å². The van der Waals surface area contributed by atoms with Crippen molar-refractivity contribution >= 4 is 40.4 Å². The smallest absolute Gasteiger partial charge is 0.254 e. The number of ether oxygens (including phenoxy) is 1. The van der Waals surface area contributed by atoms with E-state index in [2.05, 4.69) is 10.6 Å². The zero-order valence-electron chi connectivity index (χ0n) is 20.5. The van der Waals surface area contributed by atoms with Crippen molar-refractivity contribution in [2.24, 2.45) is 0 Å². The number of carbonyl (C=O) groups excluding carboxylic acids is 5. The van der Waals surface area contributed by atoms with Gasteiger partial charge in [-0.05, 0) is 36.8 Å². The lowest BCUT2D eigenvalue weighted by Gasteiger charge is -2.28. The number of halogens is 1. The summed E-state index contributed by atoms with van der Waals surface area (Å²) < 4.78 is 26.3. The van der Waals surface area contributed by atoms with E-state index in [4.69, 9.17) is 9.15 Å². The summed E-state index contributed by atoms with van der Waals surface area (Å²) in [4.78, 5) is 64.6.